The fourth-order valence-corrected chi connectivity index (χ4v) is 3.18. The molecule has 0 spiro atoms. The smallest absolute Gasteiger partial charge is 0.405 e. The Kier molecular flexibility index (Phi) is 2.13. The van der Waals surface area contributed by atoms with Gasteiger partial charge in [-0.2, -0.15) is 0 Å². The van der Waals surface area contributed by atoms with E-state index in [1.165, 1.54) is 0 Å². The third-order valence-corrected chi connectivity index (χ3v) is 3.90. The molecule has 0 heterocycles. The van der Waals surface area contributed by atoms with Crippen molar-refractivity contribution in [2.45, 2.75) is 44.1 Å². The Hall–Kier alpha value is -1.26. The van der Waals surface area contributed by atoms with Crippen molar-refractivity contribution in [2.75, 3.05) is 0 Å². The number of fused-ring (bicyclic) bond motifs is 2. The lowest BCUT2D eigenvalue weighted by Gasteiger charge is -2.36. The second-order valence-corrected chi connectivity index (χ2v) is 4.83. The van der Waals surface area contributed by atoms with Crippen molar-refractivity contribution in [1.29, 1.82) is 0 Å². The minimum atomic E-state index is -1.04. The van der Waals surface area contributed by atoms with Gasteiger partial charge in [-0.3, -0.25) is 4.79 Å². The van der Waals surface area contributed by atoms with Crippen LogP contribution in [0.3, 0.4) is 0 Å². The van der Waals surface area contributed by atoms with E-state index in [9.17, 15) is 14.7 Å². The molecule has 2 rings (SSSR count). The summed E-state index contributed by atoms with van der Waals surface area (Å²) in [5.41, 5.74) is -1.14. The van der Waals surface area contributed by atoms with Crippen molar-refractivity contribution < 1.29 is 19.8 Å². The zero-order chi connectivity index (χ0) is 11.1. The molecule has 2 unspecified atom stereocenters. The number of carboxylic acid groups (broad SMARTS) is 2. The normalized spacial score (nSPS) is 38.7. The van der Waals surface area contributed by atoms with Crippen LogP contribution in [0.1, 0.15) is 38.5 Å². The zero-order valence-electron chi connectivity index (χ0n) is 8.45. The fraction of sp³-hybridized carbons (Fsp3) is 0.800. The molecule has 1 amide bonds. The fourth-order valence-electron chi connectivity index (χ4n) is 3.18. The minimum Gasteiger partial charge on any atom is -0.481 e. The molecule has 5 nitrogen and oxygen atoms in total. The van der Waals surface area contributed by atoms with Gasteiger partial charge >= 0.3 is 12.1 Å². The van der Waals surface area contributed by atoms with Gasteiger partial charge in [0.2, 0.25) is 0 Å². The Morgan fingerprint density at radius 3 is 2.40 bits per heavy atom. The number of aliphatic carboxylic acids is 1. The number of nitrogens with one attached hydrogen (secondary N) is 1. The van der Waals surface area contributed by atoms with Crippen LogP contribution in [-0.4, -0.2) is 27.8 Å². The van der Waals surface area contributed by atoms with E-state index in [0.29, 0.717) is 25.7 Å². The van der Waals surface area contributed by atoms with E-state index >= 15 is 0 Å². The molecule has 0 aromatic rings. The average Bonchev–Trinajstić information content (AvgIpc) is 2.38. The van der Waals surface area contributed by atoms with Crippen LogP contribution in [0, 0.1) is 5.41 Å². The van der Waals surface area contributed by atoms with Gasteiger partial charge in [-0.1, -0.05) is 0 Å². The maximum absolute atomic E-state index is 11.2. The summed E-state index contributed by atoms with van der Waals surface area (Å²) in [6, 6.07) is 0. The van der Waals surface area contributed by atoms with E-state index in [2.05, 4.69) is 5.32 Å². The van der Waals surface area contributed by atoms with Gasteiger partial charge in [0.25, 0.3) is 0 Å². The van der Waals surface area contributed by atoms with Crippen molar-refractivity contribution in [2.24, 2.45) is 5.41 Å². The van der Waals surface area contributed by atoms with Gasteiger partial charge in [-0.05, 0) is 38.5 Å². The molecule has 2 aliphatic carbocycles. The molecular formula is C10H15NO4. The maximum Gasteiger partial charge on any atom is 0.405 e. The predicted molar refractivity (Wildman–Crippen MR) is 51.7 cm³/mol. The molecule has 0 saturated heterocycles. The molecule has 0 aromatic carbocycles. The number of carboxylic acids is 1. The summed E-state index contributed by atoms with van der Waals surface area (Å²) in [6.45, 7) is 0. The van der Waals surface area contributed by atoms with E-state index in [1.807, 2.05) is 0 Å². The Morgan fingerprint density at radius 1 is 1.07 bits per heavy atom. The first kappa shape index (κ1) is 10.3. The summed E-state index contributed by atoms with van der Waals surface area (Å²) in [4.78, 5) is 21.9. The SMILES string of the molecule is O=C(O)NC12CCCC(C(=O)O)(CC1)C2. The van der Waals surface area contributed by atoms with E-state index in [-0.39, 0.29) is 0 Å². The third-order valence-electron chi connectivity index (χ3n) is 3.90. The Bertz CT molecular complexity index is 317. The second-order valence-electron chi connectivity index (χ2n) is 4.83. The summed E-state index contributed by atoms with van der Waals surface area (Å²) in [5, 5.41) is 20.5. The molecule has 2 saturated carbocycles. The topological polar surface area (TPSA) is 86.6 Å². The summed E-state index contributed by atoms with van der Waals surface area (Å²) < 4.78 is 0. The number of amides is 1. The number of hydrogen-bond acceptors (Lipinski definition) is 2. The highest BCUT2D eigenvalue weighted by Crippen LogP contribution is 2.53. The molecule has 2 aliphatic rings. The molecule has 2 fully saturated rings. The first-order chi connectivity index (χ1) is 6.98. The molecule has 2 bridgehead atoms. The lowest BCUT2D eigenvalue weighted by molar-refractivity contribution is -0.150. The van der Waals surface area contributed by atoms with Crippen molar-refractivity contribution >= 4 is 12.1 Å². The lowest BCUT2D eigenvalue weighted by atomic mass is 9.73. The monoisotopic (exact) mass is 213 g/mol. The van der Waals surface area contributed by atoms with Crippen molar-refractivity contribution in [3.05, 3.63) is 0 Å². The predicted octanol–water partition coefficient (Wildman–Crippen LogP) is 1.43. The summed E-state index contributed by atoms with van der Waals surface area (Å²) in [5.74, 6) is -0.767. The maximum atomic E-state index is 11.2. The minimum absolute atomic E-state index is 0.460. The second kappa shape index (κ2) is 3.12. The molecule has 0 aliphatic heterocycles. The zero-order valence-corrected chi connectivity index (χ0v) is 8.45. The largest absolute Gasteiger partial charge is 0.481 e. The Labute approximate surface area is 87.5 Å². The number of carbonyl (C=O) groups is 2. The van der Waals surface area contributed by atoms with Crippen molar-refractivity contribution in [1.82, 2.24) is 5.32 Å². The van der Waals surface area contributed by atoms with Gasteiger partial charge in [-0.15, -0.1) is 0 Å². The van der Waals surface area contributed by atoms with Crippen LogP contribution in [-0.2, 0) is 4.79 Å². The van der Waals surface area contributed by atoms with E-state index in [0.717, 1.165) is 12.8 Å². The molecule has 5 heteroatoms. The lowest BCUT2D eigenvalue weighted by Crippen LogP contribution is -2.49. The van der Waals surface area contributed by atoms with Crippen LogP contribution in [0.15, 0.2) is 0 Å². The molecule has 2 atom stereocenters. The van der Waals surface area contributed by atoms with Crippen LogP contribution >= 0.6 is 0 Å². The highest BCUT2D eigenvalue weighted by atomic mass is 16.4. The first-order valence-corrected chi connectivity index (χ1v) is 5.23. The standard InChI is InChI=1S/C10H15NO4/c12-7(13)9-2-1-3-10(6-9,5-4-9)11-8(14)15/h11H,1-6H2,(H,12,13)(H,14,15). The Balaban J connectivity index is 2.19. The van der Waals surface area contributed by atoms with Gasteiger partial charge in [0.1, 0.15) is 0 Å². The van der Waals surface area contributed by atoms with E-state index in [4.69, 9.17) is 5.11 Å². The van der Waals surface area contributed by atoms with Gasteiger partial charge in [0.15, 0.2) is 0 Å². The molecule has 0 radical (unpaired) electrons. The number of rotatable bonds is 2. The van der Waals surface area contributed by atoms with Gasteiger partial charge < -0.3 is 15.5 Å². The molecule has 84 valence electrons. The first-order valence-electron chi connectivity index (χ1n) is 5.23. The summed E-state index contributed by atoms with van der Waals surface area (Å²) in [6.07, 6.45) is 2.93. The van der Waals surface area contributed by atoms with Crippen LogP contribution in [0.2, 0.25) is 0 Å². The van der Waals surface area contributed by atoms with Gasteiger partial charge in [-0.25, -0.2) is 4.79 Å². The van der Waals surface area contributed by atoms with Crippen molar-refractivity contribution in [3.8, 4) is 0 Å². The average molecular weight is 213 g/mol. The van der Waals surface area contributed by atoms with Crippen molar-refractivity contribution in [3.63, 3.8) is 0 Å². The summed E-state index contributed by atoms with van der Waals surface area (Å²) in [7, 11) is 0. The van der Waals surface area contributed by atoms with Crippen LogP contribution in [0.25, 0.3) is 0 Å². The van der Waals surface area contributed by atoms with Gasteiger partial charge in [0.05, 0.1) is 5.41 Å². The molecule has 15 heavy (non-hydrogen) atoms. The van der Waals surface area contributed by atoms with Gasteiger partial charge in [0, 0.05) is 5.54 Å². The van der Waals surface area contributed by atoms with Crippen LogP contribution < -0.4 is 5.32 Å². The third kappa shape index (κ3) is 1.56. The number of hydrogen-bond donors (Lipinski definition) is 3. The highest BCUT2D eigenvalue weighted by Gasteiger charge is 2.55. The quantitative estimate of drug-likeness (QED) is 0.647. The summed E-state index contributed by atoms with van der Waals surface area (Å²) >= 11 is 0. The van der Waals surface area contributed by atoms with Crippen LogP contribution in [0.4, 0.5) is 4.79 Å². The van der Waals surface area contributed by atoms with Crippen LogP contribution in [0.5, 0.6) is 0 Å². The highest BCUT2D eigenvalue weighted by molar-refractivity contribution is 5.76. The van der Waals surface area contributed by atoms with E-state index < -0.39 is 23.0 Å². The molecule has 3 N–H and O–H groups in total. The van der Waals surface area contributed by atoms with E-state index in [1.54, 1.807) is 0 Å². The molecule has 0 aromatic heterocycles. The Morgan fingerprint density at radius 2 is 1.80 bits per heavy atom. The molecular weight excluding hydrogens is 198 g/mol.